The minimum absolute atomic E-state index is 0.624. The van der Waals surface area contributed by atoms with E-state index < -0.39 is 0 Å². The first kappa shape index (κ1) is 13.8. The number of likely N-dealkylation sites (tertiary alicyclic amines) is 1. The van der Waals surface area contributed by atoms with Crippen LogP contribution in [0.2, 0.25) is 0 Å². The van der Waals surface area contributed by atoms with Gasteiger partial charge in [-0.25, -0.2) is 0 Å². The van der Waals surface area contributed by atoms with E-state index in [0.717, 1.165) is 16.8 Å². The molecule has 3 nitrogen and oxygen atoms in total. The summed E-state index contributed by atoms with van der Waals surface area (Å²) < 4.78 is 3.13. The van der Waals surface area contributed by atoms with Crippen LogP contribution in [0.15, 0.2) is 18.2 Å². The maximum atomic E-state index is 5.51. The molecule has 0 saturated carbocycles. The number of nitrogens with one attached hydrogen (secondary N) is 1. The Kier molecular flexibility index (Phi) is 3.94. The normalized spacial score (nSPS) is 17.9. The van der Waals surface area contributed by atoms with Gasteiger partial charge in [-0.3, -0.25) is 0 Å². The van der Waals surface area contributed by atoms with Gasteiger partial charge in [0.05, 0.1) is 11.0 Å². The number of fused-ring (bicyclic) bond motifs is 1. The van der Waals surface area contributed by atoms with Crippen molar-refractivity contribution < 1.29 is 0 Å². The fraction of sp³-hybridized carbons (Fsp3) is 0.562. The minimum Gasteiger partial charge on any atom is -0.331 e. The van der Waals surface area contributed by atoms with Gasteiger partial charge in [-0.15, -0.1) is 0 Å². The molecule has 1 aromatic heterocycles. The van der Waals surface area contributed by atoms with Gasteiger partial charge in [-0.2, -0.15) is 0 Å². The van der Waals surface area contributed by atoms with Crippen molar-refractivity contribution in [2.45, 2.75) is 33.2 Å². The maximum Gasteiger partial charge on any atom is 0.178 e. The molecule has 0 aliphatic carbocycles. The Hall–Kier alpha value is -1.13. The third-order valence-corrected chi connectivity index (χ3v) is 4.58. The lowest BCUT2D eigenvalue weighted by Gasteiger charge is -2.21. The van der Waals surface area contributed by atoms with Gasteiger partial charge in [0, 0.05) is 13.1 Å². The van der Waals surface area contributed by atoms with E-state index in [9.17, 15) is 0 Å². The van der Waals surface area contributed by atoms with Crippen molar-refractivity contribution in [1.82, 2.24) is 14.5 Å². The number of aryl methyl sites for hydroxylation is 1. The highest BCUT2D eigenvalue weighted by molar-refractivity contribution is 7.71. The van der Waals surface area contributed by atoms with Crippen molar-refractivity contribution in [3.8, 4) is 0 Å². The summed E-state index contributed by atoms with van der Waals surface area (Å²) in [7, 11) is 0. The summed E-state index contributed by atoms with van der Waals surface area (Å²) >= 11 is 5.51. The lowest BCUT2D eigenvalue weighted by Crippen LogP contribution is -2.27. The quantitative estimate of drug-likeness (QED) is 0.867. The van der Waals surface area contributed by atoms with Crippen LogP contribution in [-0.2, 0) is 6.54 Å². The van der Waals surface area contributed by atoms with Crippen molar-refractivity contribution in [3.05, 3.63) is 28.5 Å². The second-order valence-electron chi connectivity index (χ2n) is 6.12. The average molecular weight is 289 g/mol. The summed E-state index contributed by atoms with van der Waals surface area (Å²) in [5.74, 6) is 0.624. The zero-order chi connectivity index (χ0) is 14.1. The predicted molar refractivity (Wildman–Crippen MR) is 86.7 cm³/mol. The summed E-state index contributed by atoms with van der Waals surface area (Å²) in [4.78, 5) is 5.91. The van der Waals surface area contributed by atoms with Crippen LogP contribution in [0, 0.1) is 17.6 Å². The van der Waals surface area contributed by atoms with E-state index in [2.05, 4.69) is 46.5 Å². The maximum absolute atomic E-state index is 5.51. The smallest absolute Gasteiger partial charge is 0.178 e. The molecule has 4 heteroatoms. The second-order valence-corrected chi connectivity index (χ2v) is 6.51. The van der Waals surface area contributed by atoms with Crippen LogP contribution in [0.3, 0.4) is 0 Å². The summed E-state index contributed by atoms with van der Waals surface area (Å²) in [5.41, 5.74) is 3.72. The Morgan fingerprint density at radius 3 is 2.75 bits per heavy atom. The Morgan fingerprint density at radius 2 is 2.00 bits per heavy atom. The molecule has 3 rings (SSSR count). The molecule has 0 amide bonds. The first-order valence-corrected chi connectivity index (χ1v) is 7.96. The number of rotatable bonds is 4. The Bertz CT molecular complexity index is 649. The van der Waals surface area contributed by atoms with Crippen LogP contribution in [0.25, 0.3) is 11.0 Å². The van der Waals surface area contributed by atoms with Gasteiger partial charge in [0.1, 0.15) is 0 Å². The average Bonchev–Trinajstić information content (AvgIpc) is 2.99. The molecule has 108 valence electrons. The second kappa shape index (κ2) is 5.70. The lowest BCUT2D eigenvalue weighted by molar-refractivity contribution is 0.272. The zero-order valence-electron chi connectivity index (χ0n) is 12.4. The van der Waals surface area contributed by atoms with Gasteiger partial charge in [0.15, 0.2) is 4.77 Å². The molecular formula is C16H23N3S. The third-order valence-electron chi connectivity index (χ3n) is 4.26. The number of para-hydroxylation sites is 1. The van der Waals surface area contributed by atoms with Crippen LogP contribution < -0.4 is 0 Å². The number of H-pyrrole nitrogens is 1. The molecule has 2 aromatic rings. The fourth-order valence-corrected chi connectivity index (χ4v) is 3.63. The highest BCUT2D eigenvalue weighted by Gasteiger charge is 2.16. The highest BCUT2D eigenvalue weighted by atomic mass is 32.1. The predicted octanol–water partition coefficient (Wildman–Crippen LogP) is 3.74. The lowest BCUT2D eigenvalue weighted by atomic mass is 10.1. The number of nitrogens with zero attached hydrogens (tertiary/aromatic N) is 2. The van der Waals surface area contributed by atoms with E-state index in [4.69, 9.17) is 12.2 Å². The van der Waals surface area contributed by atoms with Gasteiger partial charge in [-0.05, 0) is 62.6 Å². The molecule has 1 fully saturated rings. The van der Waals surface area contributed by atoms with Crippen molar-refractivity contribution in [2.75, 3.05) is 19.6 Å². The molecule has 1 N–H and O–H groups in total. The molecule has 0 radical (unpaired) electrons. The fourth-order valence-electron chi connectivity index (χ4n) is 3.35. The molecule has 20 heavy (non-hydrogen) atoms. The summed E-state index contributed by atoms with van der Waals surface area (Å²) in [6.07, 6.45) is 2.72. The Labute approximate surface area is 125 Å². The standard InChI is InChI=1S/C16H23N3S/c1-12(10-18-8-3-4-9-18)11-19-15-13(2)6-5-7-14(15)17-16(19)20/h5-7,12H,3-4,8-11H2,1-2H3,(H,17,20). The first-order chi connectivity index (χ1) is 9.65. The summed E-state index contributed by atoms with van der Waals surface area (Å²) in [6, 6.07) is 6.35. The van der Waals surface area contributed by atoms with Gasteiger partial charge in [0.25, 0.3) is 0 Å². The minimum atomic E-state index is 0.624. The molecule has 2 heterocycles. The largest absolute Gasteiger partial charge is 0.331 e. The van der Waals surface area contributed by atoms with E-state index in [1.165, 1.54) is 43.6 Å². The SMILES string of the molecule is Cc1cccc2[nH]c(=S)n(CC(C)CN3CCCC3)c12. The molecule has 1 unspecified atom stereocenters. The van der Waals surface area contributed by atoms with E-state index >= 15 is 0 Å². The van der Waals surface area contributed by atoms with Gasteiger partial charge < -0.3 is 14.5 Å². The van der Waals surface area contributed by atoms with E-state index in [-0.39, 0.29) is 0 Å². The molecule has 1 aromatic carbocycles. The zero-order valence-corrected chi connectivity index (χ0v) is 13.2. The van der Waals surface area contributed by atoms with Crippen LogP contribution in [0.5, 0.6) is 0 Å². The van der Waals surface area contributed by atoms with Crippen molar-refractivity contribution in [1.29, 1.82) is 0 Å². The Balaban J connectivity index is 1.83. The molecule has 1 atom stereocenters. The van der Waals surface area contributed by atoms with Crippen molar-refractivity contribution in [3.63, 3.8) is 0 Å². The molecule has 1 saturated heterocycles. The van der Waals surface area contributed by atoms with Crippen LogP contribution >= 0.6 is 12.2 Å². The number of imidazole rings is 1. The Morgan fingerprint density at radius 1 is 1.25 bits per heavy atom. The number of hydrogen-bond donors (Lipinski definition) is 1. The van der Waals surface area contributed by atoms with E-state index in [0.29, 0.717) is 5.92 Å². The van der Waals surface area contributed by atoms with Gasteiger partial charge in [0.2, 0.25) is 0 Å². The van der Waals surface area contributed by atoms with Crippen molar-refractivity contribution >= 4 is 23.3 Å². The summed E-state index contributed by atoms with van der Waals surface area (Å²) in [6.45, 7) is 9.20. The van der Waals surface area contributed by atoms with Gasteiger partial charge in [-0.1, -0.05) is 19.1 Å². The van der Waals surface area contributed by atoms with E-state index in [1.807, 2.05) is 0 Å². The number of hydrogen-bond acceptors (Lipinski definition) is 2. The number of benzene rings is 1. The van der Waals surface area contributed by atoms with Crippen LogP contribution in [0.4, 0.5) is 0 Å². The molecule has 0 bridgehead atoms. The monoisotopic (exact) mass is 289 g/mol. The molecule has 0 spiro atoms. The van der Waals surface area contributed by atoms with Crippen LogP contribution in [0.1, 0.15) is 25.3 Å². The summed E-state index contributed by atoms with van der Waals surface area (Å²) in [5, 5.41) is 0. The van der Waals surface area contributed by atoms with Gasteiger partial charge >= 0.3 is 0 Å². The molecule has 1 aliphatic rings. The van der Waals surface area contributed by atoms with Crippen LogP contribution in [-0.4, -0.2) is 34.1 Å². The topological polar surface area (TPSA) is 24.0 Å². The van der Waals surface area contributed by atoms with E-state index in [1.54, 1.807) is 0 Å². The molecule has 1 aliphatic heterocycles. The number of aromatic amines is 1. The molecular weight excluding hydrogens is 266 g/mol. The highest BCUT2D eigenvalue weighted by Crippen LogP contribution is 2.20. The number of aromatic nitrogens is 2. The van der Waals surface area contributed by atoms with Crippen molar-refractivity contribution in [2.24, 2.45) is 5.92 Å². The third kappa shape index (κ3) is 2.67. The first-order valence-electron chi connectivity index (χ1n) is 7.55.